The lowest BCUT2D eigenvalue weighted by atomic mass is 9.95. The first-order chi connectivity index (χ1) is 15.1. The molecule has 0 radical (unpaired) electrons. The highest BCUT2D eigenvalue weighted by Crippen LogP contribution is 2.31. The van der Waals surface area contributed by atoms with Crippen LogP contribution in [0.25, 0.3) is 0 Å². The molecule has 1 aromatic carbocycles. The molecule has 8 heteroatoms. The number of benzene rings is 1. The summed E-state index contributed by atoms with van der Waals surface area (Å²) in [7, 11) is 0. The van der Waals surface area contributed by atoms with E-state index in [1.165, 1.54) is 25.0 Å². The van der Waals surface area contributed by atoms with E-state index < -0.39 is 0 Å². The van der Waals surface area contributed by atoms with Crippen molar-refractivity contribution in [1.82, 2.24) is 15.1 Å². The highest BCUT2D eigenvalue weighted by molar-refractivity contribution is 5.89. The molecule has 3 amide bonds. The van der Waals surface area contributed by atoms with Gasteiger partial charge in [0.25, 0.3) is 0 Å². The fourth-order valence-corrected chi connectivity index (χ4v) is 5.01. The minimum absolute atomic E-state index is 0.103. The Morgan fingerprint density at radius 3 is 2.39 bits per heavy atom. The number of piperazine rings is 1. The zero-order chi connectivity index (χ0) is 21.6. The first-order valence-electron chi connectivity index (χ1n) is 11.5. The molecule has 2 atom stereocenters. The molecule has 170 valence electrons. The van der Waals surface area contributed by atoms with Crippen molar-refractivity contribution in [3.05, 3.63) is 30.1 Å². The SMILES string of the molecule is O=C(NC[C@H]1CCCO1)[C@H](C1CCCC1)N1CCN(C(=O)Nc2ccc(F)cc2)CC1. The lowest BCUT2D eigenvalue weighted by molar-refractivity contribution is -0.129. The van der Waals surface area contributed by atoms with Gasteiger partial charge in [-0.25, -0.2) is 9.18 Å². The normalized spacial score (nSPS) is 23.6. The molecule has 31 heavy (non-hydrogen) atoms. The average Bonchev–Trinajstić information content (AvgIpc) is 3.49. The van der Waals surface area contributed by atoms with Gasteiger partial charge in [-0.15, -0.1) is 0 Å². The molecule has 0 unspecified atom stereocenters. The molecule has 1 saturated carbocycles. The number of ether oxygens (including phenoxy) is 1. The van der Waals surface area contributed by atoms with Crippen LogP contribution in [0, 0.1) is 11.7 Å². The van der Waals surface area contributed by atoms with E-state index in [1.807, 2.05) is 0 Å². The molecule has 2 aliphatic heterocycles. The topological polar surface area (TPSA) is 73.9 Å². The summed E-state index contributed by atoms with van der Waals surface area (Å²) < 4.78 is 18.7. The van der Waals surface area contributed by atoms with E-state index in [2.05, 4.69) is 15.5 Å². The van der Waals surface area contributed by atoms with Gasteiger partial charge in [0.2, 0.25) is 5.91 Å². The van der Waals surface area contributed by atoms with Gasteiger partial charge in [-0.3, -0.25) is 9.69 Å². The summed E-state index contributed by atoms with van der Waals surface area (Å²) in [4.78, 5) is 29.7. The molecule has 2 heterocycles. The number of anilines is 1. The van der Waals surface area contributed by atoms with Gasteiger partial charge in [0.15, 0.2) is 0 Å². The van der Waals surface area contributed by atoms with Crippen molar-refractivity contribution in [2.75, 3.05) is 44.6 Å². The molecule has 2 N–H and O–H groups in total. The van der Waals surface area contributed by atoms with Crippen LogP contribution in [0.5, 0.6) is 0 Å². The summed E-state index contributed by atoms with van der Waals surface area (Å²) in [6.07, 6.45) is 6.75. The second-order valence-electron chi connectivity index (χ2n) is 8.83. The number of amides is 3. The van der Waals surface area contributed by atoms with Gasteiger partial charge < -0.3 is 20.3 Å². The molecule has 3 aliphatic rings. The second-order valence-corrected chi connectivity index (χ2v) is 8.83. The Labute approximate surface area is 183 Å². The van der Waals surface area contributed by atoms with E-state index in [4.69, 9.17) is 4.74 Å². The van der Waals surface area contributed by atoms with Crippen LogP contribution >= 0.6 is 0 Å². The maximum Gasteiger partial charge on any atom is 0.321 e. The van der Waals surface area contributed by atoms with Crippen LogP contribution in [-0.4, -0.2) is 73.2 Å². The predicted molar refractivity (Wildman–Crippen MR) is 116 cm³/mol. The Bertz CT molecular complexity index is 740. The van der Waals surface area contributed by atoms with Crippen LogP contribution < -0.4 is 10.6 Å². The van der Waals surface area contributed by atoms with Crippen LogP contribution in [0.4, 0.5) is 14.9 Å². The second kappa shape index (κ2) is 10.4. The van der Waals surface area contributed by atoms with E-state index in [9.17, 15) is 14.0 Å². The van der Waals surface area contributed by atoms with E-state index in [0.29, 0.717) is 44.3 Å². The van der Waals surface area contributed by atoms with Gasteiger partial charge in [-0.1, -0.05) is 12.8 Å². The average molecular weight is 433 g/mol. The molecule has 1 aliphatic carbocycles. The molecule has 7 nitrogen and oxygen atoms in total. The summed E-state index contributed by atoms with van der Waals surface area (Å²) in [6, 6.07) is 5.44. The maximum atomic E-state index is 13.1. The van der Waals surface area contributed by atoms with Crippen molar-refractivity contribution in [2.24, 2.45) is 5.92 Å². The Balaban J connectivity index is 1.31. The van der Waals surface area contributed by atoms with Crippen LogP contribution in [-0.2, 0) is 9.53 Å². The van der Waals surface area contributed by atoms with Gasteiger partial charge in [-0.05, 0) is 55.9 Å². The largest absolute Gasteiger partial charge is 0.376 e. The van der Waals surface area contributed by atoms with Crippen molar-refractivity contribution in [3.63, 3.8) is 0 Å². The number of rotatable bonds is 6. The van der Waals surface area contributed by atoms with E-state index in [-0.39, 0.29) is 29.9 Å². The fourth-order valence-electron chi connectivity index (χ4n) is 5.01. The number of urea groups is 1. The number of carbonyl (C=O) groups is 2. The quantitative estimate of drug-likeness (QED) is 0.725. The molecule has 3 fully saturated rings. The third kappa shape index (κ3) is 5.74. The number of hydrogen-bond donors (Lipinski definition) is 2. The van der Waals surface area contributed by atoms with Crippen LogP contribution in [0.15, 0.2) is 24.3 Å². The summed E-state index contributed by atoms with van der Waals surface area (Å²) in [5.41, 5.74) is 0.575. The number of carbonyl (C=O) groups excluding carboxylic acids is 2. The maximum absolute atomic E-state index is 13.1. The number of nitrogens with one attached hydrogen (secondary N) is 2. The van der Waals surface area contributed by atoms with E-state index >= 15 is 0 Å². The van der Waals surface area contributed by atoms with E-state index in [0.717, 1.165) is 32.3 Å². The lowest BCUT2D eigenvalue weighted by Gasteiger charge is -2.40. The molecule has 2 saturated heterocycles. The highest BCUT2D eigenvalue weighted by atomic mass is 19.1. The Morgan fingerprint density at radius 1 is 1.03 bits per heavy atom. The molecule has 0 aromatic heterocycles. The van der Waals surface area contributed by atoms with Crippen molar-refractivity contribution in [1.29, 1.82) is 0 Å². The van der Waals surface area contributed by atoms with Gasteiger partial charge >= 0.3 is 6.03 Å². The summed E-state index contributed by atoms with van der Waals surface area (Å²) >= 11 is 0. The number of hydrogen-bond acceptors (Lipinski definition) is 4. The Morgan fingerprint density at radius 2 is 1.74 bits per heavy atom. The minimum Gasteiger partial charge on any atom is -0.376 e. The van der Waals surface area contributed by atoms with E-state index in [1.54, 1.807) is 17.0 Å². The summed E-state index contributed by atoms with van der Waals surface area (Å²) in [5, 5.41) is 5.96. The summed E-state index contributed by atoms with van der Waals surface area (Å²) in [6.45, 7) is 3.85. The first kappa shape index (κ1) is 22.0. The standard InChI is InChI=1S/C23H33FN4O3/c24-18-7-9-19(10-8-18)26-23(30)28-13-11-27(12-14-28)21(17-4-1-2-5-17)22(29)25-16-20-6-3-15-31-20/h7-10,17,20-21H,1-6,11-16H2,(H,25,29)(H,26,30)/t20-,21+/m1/s1. The molecular weight excluding hydrogens is 399 g/mol. The number of halogens is 1. The molecule has 1 aromatic rings. The molecule has 4 rings (SSSR count). The fraction of sp³-hybridized carbons (Fsp3) is 0.652. The number of nitrogens with zero attached hydrogens (tertiary/aromatic N) is 2. The van der Waals surface area contributed by atoms with Crippen molar-refractivity contribution in [3.8, 4) is 0 Å². The van der Waals surface area contributed by atoms with Gasteiger partial charge in [0, 0.05) is 45.0 Å². The van der Waals surface area contributed by atoms with Crippen molar-refractivity contribution < 1.29 is 18.7 Å². The third-order valence-electron chi connectivity index (χ3n) is 6.73. The Kier molecular flexibility index (Phi) is 7.40. The van der Waals surface area contributed by atoms with Crippen molar-refractivity contribution >= 4 is 17.6 Å². The zero-order valence-corrected chi connectivity index (χ0v) is 18.0. The molecular formula is C23H33FN4O3. The predicted octanol–water partition coefficient (Wildman–Crippen LogP) is 2.83. The van der Waals surface area contributed by atoms with Crippen LogP contribution in [0.1, 0.15) is 38.5 Å². The lowest BCUT2D eigenvalue weighted by Crippen LogP contribution is -2.58. The van der Waals surface area contributed by atoms with Gasteiger partial charge in [0.1, 0.15) is 5.82 Å². The smallest absolute Gasteiger partial charge is 0.321 e. The first-order valence-corrected chi connectivity index (χ1v) is 11.5. The van der Waals surface area contributed by atoms with Gasteiger partial charge in [-0.2, -0.15) is 0 Å². The highest BCUT2D eigenvalue weighted by Gasteiger charge is 2.37. The monoisotopic (exact) mass is 432 g/mol. The van der Waals surface area contributed by atoms with Gasteiger partial charge in [0.05, 0.1) is 12.1 Å². The van der Waals surface area contributed by atoms with Crippen LogP contribution in [0.3, 0.4) is 0 Å². The Hall–Kier alpha value is -2.19. The molecule has 0 spiro atoms. The molecule has 0 bridgehead atoms. The third-order valence-corrected chi connectivity index (χ3v) is 6.73. The summed E-state index contributed by atoms with van der Waals surface area (Å²) in [5.74, 6) is 0.151. The van der Waals surface area contributed by atoms with Crippen LogP contribution in [0.2, 0.25) is 0 Å². The zero-order valence-electron chi connectivity index (χ0n) is 18.0. The minimum atomic E-state index is -0.331. The van der Waals surface area contributed by atoms with Crippen molar-refractivity contribution in [2.45, 2.75) is 50.7 Å².